The predicted octanol–water partition coefficient (Wildman–Crippen LogP) is 4.99. The van der Waals surface area contributed by atoms with Crippen LogP contribution >= 0.6 is 0 Å². The fourth-order valence-electron chi connectivity index (χ4n) is 2.49. The quantitative estimate of drug-likeness (QED) is 0.767. The summed E-state index contributed by atoms with van der Waals surface area (Å²) in [5, 5.41) is 6.45. The zero-order valence-electron chi connectivity index (χ0n) is 17.5. The van der Waals surface area contributed by atoms with Gasteiger partial charge in [0.15, 0.2) is 0 Å². The van der Waals surface area contributed by atoms with Crippen molar-refractivity contribution in [3.63, 3.8) is 0 Å². The van der Waals surface area contributed by atoms with Gasteiger partial charge in [-0.3, -0.25) is 4.79 Å². The molecule has 3 nitrogen and oxygen atoms in total. The minimum atomic E-state index is 0.0787. The smallest absolute Gasteiger partial charge is 0.238 e. The molecule has 0 spiro atoms. The third kappa shape index (κ3) is 9.80. The van der Waals surface area contributed by atoms with Crippen LogP contribution in [0.5, 0.6) is 0 Å². The lowest BCUT2D eigenvalue weighted by Crippen LogP contribution is -2.39. The number of hydrogen-bond acceptors (Lipinski definition) is 2. The highest BCUT2D eigenvalue weighted by Crippen LogP contribution is 2.27. The molecule has 0 bridgehead atoms. The number of carbonyl (C=O) groups excluding carboxylic acids is 1. The van der Waals surface area contributed by atoms with Gasteiger partial charge >= 0.3 is 0 Å². The Bertz CT molecular complexity index is 352. The molecule has 138 valence electrons. The lowest BCUT2D eigenvalue weighted by atomic mass is 9.85. The number of amides is 1. The second kappa shape index (κ2) is 12.6. The Balaban J connectivity index is 0. The summed E-state index contributed by atoms with van der Waals surface area (Å²) < 4.78 is 0. The first-order valence-electron chi connectivity index (χ1n) is 9.35. The molecule has 1 atom stereocenters. The van der Waals surface area contributed by atoms with Crippen LogP contribution in [0, 0.1) is 23.7 Å². The number of rotatable bonds is 3. The summed E-state index contributed by atoms with van der Waals surface area (Å²) >= 11 is 0. The van der Waals surface area contributed by atoms with E-state index in [4.69, 9.17) is 0 Å². The van der Waals surface area contributed by atoms with Crippen LogP contribution in [0.1, 0.15) is 76.2 Å². The Morgan fingerprint density at radius 3 is 1.61 bits per heavy atom. The summed E-state index contributed by atoms with van der Waals surface area (Å²) in [6, 6.07) is 0.298. The molecule has 23 heavy (non-hydrogen) atoms. The van der Waals surface area contributed by atoms with Crippen molar-refractivity contribution in [2.45, 2.75) is 82.2 Å². The minimum absolute atomic E-state index is 0.0787. The van der Waals surface area contributed by atoms with Crippen LogP contribution in [0.2, 0.25) is 0 Å². The van der Waals surface area contributed by atoms with Crippen molar-refractivity contribution >= 4 is 5.91 Å². The Morgan fingerprint density at radius 1 is 0.870 bits per heavy atom. The van der Waals surface area contributed by atoms with Gasteiger partial charge in [0.25, 0.3) is 0 Å². The predicted molar refractivity (Wildman–Crippen MR) is 103 cm³/mol. The first-order chi connectivity index (χ1) is 10.6. The summed E-state index contributed by atoms with van der Waals surface area (Å²) in [5.74, 6) is 2.21. The Hall–Kier alpha value is -0.830. The molecule has 1 unspecified atom stereocenters. The molecule has 3 heteroatoms. The molecule has 0 radical (unpaired) electrons. The zero-order valence-corrected chi connectivity index (χ0v) is 17.5. The number of carbonyl (C=O) groups is 1. The van der Waals surface area contributed by atoms with E-state index in [1.54, 1.807) is 0 Å². The fourth-order valence-corrected chi connectivity index (χ4v) is 2.49. The van der Waals surface area contributed by atoms with Crippen LogP contribution in [-0.2, 0) is 4.79 Å². The van der Waals surface area contributed by atoms with E-state index in [0.29, 0.717) is 30.3 Å². The third-order valence-electron chi connectivity index (χ3n) is 3.27. The van der Waals surface area contributed by atoms with Crippen molar-refractivity contribution < 1.29 is 4.79 Å². The van der Waals surface area contributed by atoms with Crippen molar-refractivity contribution in [1.82, 2.24) is 10.6 Å². The molecule has 0 saturated heterocycles. The molecular weight excluding hydrogens is 284 g/mol. The van der Waals surface area contributed by atoms with Gasteiger partial charge in [-0.25, -0.2) is 0 Å². The first-order valence-corrected chi connectivity index (χ1v) is 9.35. The molecule has 0 aromatic heterocycles. The van der Waals surface area contributed by atoms with Crippen LogP contribution in [0.25, 0.3) is 0 Å². The maximum atomic E-state index is 11.7. The summed E-state index contributed by atoms with van der Waals surface area (Å²) in [7, 11) is 0. The number of nitrogens with one attached hydrogen (secondary N) is 2. The highest BCUT2D eigenvalue weighted by Gasteiger charge is 2.28. The summed E-state index contributed by atoms with van der Waals surface area (Å²) in [5.41, 5.74) is 2.48. The van der Waals surface area contributed by atoms with Crippen LogP contribution in [-0.4, -0.2) is 18.5 Å². The SMILES string of the molecule is CC.CC(C)C.CC(C)C1=C(C(C)C)C(C(C)C)NCC(=O)N1. The Morgan fingerprint density at radius 2 is 1.30 bits per heavy atom. The van der Waals surface area contributed by atoms with Gasteiger partial charge in [0.1, 0.15) is 0 Å². The first kappa shape index (κ1) is 24.4. The van der Waals surface area contributed by atoms with Crippen LogP contribution in [0.4, 0.5) is 0 Å². The van der Waals surface area contributed by atoms with Crippen LogP contribution in [0.15, 0.2) is 11.3 Å². The van der Waals surface area contributed by atoms with Crippen molar-refractivity contribution in [3.05, 3.63) is 11.3 Å². The summed E-state index contributed by atoms with van der Waals surface area (Å²) in [6.07, 6.45) is 0. The van der Waals surface area contributed by atoms with Gasteiger partial charge in [-0.15, -0.1) is 0 Å². The third-order valence-corrected chi connectivity index (χ3v) is 3.27. The van der Waals surface area contributed by atoms with E-state index < -0.39 is 0 Å². The number of allylic oxidation sites excluding steroid dienone is 1. The average Bonchev–Trinajstić information content (AvgIpc) is 2.59. The molecule has 1 rings (SSSR count). The molecule has 0 aromatic carbocycles. The molecule has 1 heterocycles. The minimum Gasteiger partial charge on any atom is -0.328 e. The second-order valence-corrected chi connectivity index (χ2v) is 7.56. The fraction of sp³-hybridized carbons (Fsp3) is 0.850. The molecule has 0 fully saturated rings. The monoisotopic (exact) mass is 326 g/mol. The van der Waals surface area contributed by atoms with Crippen molar-refractivity contribution in [1.29, 1.82) is 0 Å². The van der Waals surface area contributed by atoms with Gasteiger partial charge in [0.05, 0.1) is 6.54 Å². The normalized spacial score (nSPS) is 18.4. The van der Waals surface area contributed by atoms with E-state index in [1.165, 1.54) is 5.57 Å². The van der Waals surface area contributed by atoms with Gasteiger partial charge in [-0.2, -0.15) is 0 Å². The molecule has 0 aliphatic carbocycles. The summed E-state index contributed by atoms with van der Waals surface area (Å²) in [4.78, 5) is 11.7. The highest BCUT2D eigenvalue weighted by atomic mass is 16.2. The number of hydrogen-bond donors (Lipinski definition) is 2. The molecule has 1 amide bonds. The molecular formula is C20H42N2O. The molecule has 1 aliphatic heterocycles. The standard InChI is InChI=1S/C14H26N2O.C4H10.C2H6/c1-8(2)12-13(9(3)4)15-7-11(17)16-14(12)10(5)6;1-4(2)3;1-2/h8-10,13,15H,7H2,1-6H3,(H,16,17);4H,1-3H3;1-2H3. The average molecular weight is 327 g/mol. The largest absolute Gasteiger partial charge is 0.328 e. The highest BCUT2D eigenvalue weighted by molar-refractivity contribution is 5.80. The lowest BCUT2D eigenvalue weighted by Gasteiger charge is -2.29. The molecule has 0 saturated carbocycles. The van der Waals surface area contributed by atoms with E-state index >= 15 is 0 Å². The van der Waals surface area contributed by atoms with Crippen molar-refractivity contribution in [2.24, 2.45) is 23.7 Å². The topological polar surface area (TPSA) is 41.1 Å². The van der Waals surface area contributed by atoms with Crippen LogP contribution in [0.3, 0.4) is 0 Å². The van der Waals surface area contributed by atoms with E-state index in [2.05, 4.69) is 72.9 Å². The van der Waals surface area contributed by atoms with Gasteiger partial charge in [-0.1, -0.05) is 76.2 Å². The Kier molecular flexibility index (Phi) is 13.4. The van der Waals surface area contributed by atoms with E-state index in [1.807, 2.05) is 13.8 Å². The summed E-state index contributed by atoms with van der Waals surface area (Å²) in [6.45, 7) is 24.0. The van der Waals surface area contributed by atoms with Gasteiger partial charge in [0.2, 0.25) is 5.91 Å². The lowest BCUT2D eigenvalue weighted by molar-refractivity contribution is -0.119. The van der Waals surface area contributed by atoms with Gasteiger partial charge in [-0.05, 0) is 29.2 Å². The van der Waals surface area contributed by atoms with Crippen molar-refractivity contribution in [3.8, 4) is 0 Å². The zero-order chi connectivity index (χ0) is 18.7. The second-order valence-electron chi connectivity index (χ2n) is 7.56. The van der Waals surface area contributed by atoms with Crippen molar-refractivity contribution in [2.75, 3.05) is 6.54 Å². The maximum absolute atomic E-state index is 11.7. The molecule has 0 aromatic rings. The van der Waals surface area contributed by atoms with Gasteiger partial charge in [0, 0.05) is 11.7 Å². The van der Waals surface area contributed by atoms with Crippen LogP contribution < -0.4 is 10.6 Å². The van der Waals surface area contributed by atoms with E-state index in [9.17, 15) is 4.79 Å². The molecule has 1 aliphatic rings. The van der Waals surface area contributed by atoms with E-state index in [-0.39, 0.29) is 5.91 Å². The maximum Gasteiger partial charge on any atom is 0.238 e. The Labute approximate surface area is 145 Å². The van der Waals surface area contributed by atoms with E-state index in [0.717, 1.165) is 11.6 Å². The molecule has 2 N–H and O–H groups in total. The van der Waals surface area contributed by atoms with Gasteiger partial charge < -0.3 is 10.6 Å².